The summed E-state index contributed by atoms with van der Waals surface area (Å²) >= 11 is 0. The van der Waals surface area contributed by atoms with E-state index in [0.29, 0.717) is 0 Å². The van der Waals surface area contributed by atoms with Crippen LogP contribution in [0.25, 0.3) is 65.8 Å². The lowest BCUT2D eigenvalue weighted by molar-refractivity contribution is 1.18. The minimum absolute atomic E-state index is 1.10. The summed E-state index contributed by atoms with van der Waals surface area (Å²) in [5, 5.41) is 7.20. The Bertz CT molecular complexity index is 3430. The van der Waals surface area contributed by atoms with Crippen LogP contribution in [-0.2, 0) is 0 Å². The highest BCUT2D eigenvalue weighted by Crippen LogP contribution is 2.47. The number of aromatic nitrogens is 2. The smallest absolute Gasteiger partial charge is 0.0542 e. The highest BCUT2D eigenvalue weighted by molar-refractivity contribution is 6.13. The molecule has 0 aliphatic carbocycles. The summed E-state index contributed by atoms with van der Waals surface area (Å²) in [7, 11) is 0. The van der Waals surface area contributed by atoms with Crippen LogP contribution in [0.2, 0.25) is 0 Å². The van der Waals surface area contributed by atoms with E-state index in [1.165, 1.54) is 54.7 Å². The summed E-state index contributed by atoms with van der Waals surface area (Å²) in [6.45, 7) is 4.30. The molecule has 0 saturated heterocycles. The van der Waals surface area contributed by atoms with Crippen molar-refractivity contribution in [3.8, 4) is 11.4 Å². The molecule has 0 N–H and O–H groups in total. The van der Waals surface area contributed by atoms with E-state index in [9.17, 15) is 0 Å². The number of para-hydroxylation sites is 4. The van der Waals surface area contributed by atoms with Gasteiger partial charge in [-0.3, -0.25) is 0 Å². The number of rotatable bonds is 8. The molecule has 0 atom stereocenters. The molecule has 0 fully saturated rings. The Hall–Kier alpha value is -8.34. The maximum Gasteiger partial charge on any atom is 0.0542 e. The third-order valence-electron chi connectivity index (χ3n) is 12.8. The first-order chi connectivity index (χ1) is 31.6. The van der Waals surface area contributed by atoms with Crippen molar-refractivity contribution in [3.05, 3.63) is 242 Å². The molecule has 0 aliphatic heterocycles. The van der Waals surface area contributed by atoms with Crippen molar-refractivity contribution in [1.29, 1.82) is 0 Å². The Balaban J connectivity index is 1.07. The van der Waals surface area contributed by atoms with Gasteiger partial charge in [-0.2, -0.15) is 0 Å². The molecule has 2 heterocycles. The van der Waals surface area contributed by atoms with Gasteiger partial charge < -0.3 is 18.9 Å². The minimum Gasteiger partial charge on any atom is -0.310 e. The van der Waals surface area contributed by atoms with Crippen LogP contribution in [-0.4, -0.2) is 9.13 Å². The van der Waals surface area contributed by atoms with Gasteiger partial charge in [0, 0.05) is 66.4 Å². The van der Waals surface area contributed by atoms with Gasteiger partial charge in [0.2, 0.25) is 0 Å². The first-order valence-corrected chi connectivity index (χ1v) is 22.0. The molecular weight excluding hydrogens is 777 g/mol. The fourth-order valence-corrected chi connectivity index (χ4v) is 9.82. The second kappa shape index (κ2) is 15.2. The Morgan fingerprint density at radius 1 is 0.266 bits per heavy atom. The lowest BCUT2D eigenvalue weighted by atomic mass is 10.0. The number of fused-ring (bicyclic) bond motifs is 7. The summed E-state index contributed by atoms with van der Waals surface area (Å²) in [4.78, 5) is 4.86. The Kier molecular flexibility index (Phi) is 8.91. The summed E-state index contributed by atoms with van der Waals surface area (Å²) in [5.41, 5.74) is 16.1. The molecule has 0 aliphatic rings. The van der Waals surface area contributed by atoms with Crippen LogP contribution < -0.4 is 9.80 Å². The first-order valence-electron chi connectivity index (χ1n) is 22.0. The van der Waals surface area contributed by atoms with E-state index in [2.05, 4.69) is 263 Å². The predicted molar refractivity (Wildman–Crippen MR) is 271 cm³/mol. The predicted octanol–water partition coefficient (Wildman–Crippen LogP) is 16.6. The zero-order valence-corrected chi connectivity index (χ0v) is 35.7. The molecule has 0 amide bonds. The topological polar surface area (TPSA) is 16.3 Å². The normalized spacial score (nSPS) is 11.6. The van der Waals surface area contributed by atoms with Crippen LogP contribution in [0.5, 0.6) is 0 Å². The molecule has 64 heavy (non-hydrogen) atoms. The monoisotopic (exact) mass is 820 g/mol. The maximum atomic E-state index is 2.43. The third-order valence-corrected chi connectivity index (χ3v) is 12.8. The SMILES string of the molecule is Cc1ccc(N(c2ccc3c(c2)c2ccccc2n3-c2ccccc2)c2cccc3c(N(c4ccc(C)cc4)c4ccc5c(c4)c4ccccc4n5-c4ccccc4)cccc23)cc1. The molecule has 0 unspecified atom stereocenters. The van der Waals surface area contributed by atoms with Gasteiger partial charge in [0.05, 0.1) is 33.4 Å². The van der Waals surface area contributed by atoms with E-state index >= 15 is 0 Å². The number of hydrogen-bond donors (Lipinski definition) is 0. The van der Waals surface area contributed by atoms with E-state index in [1.807, 2.05) is 0 Å². The molecule has 2 aromatic heterocycles. The van der Waals surface area contributed by atoms with Crippen LogP contribution >= 0.6 is 0 Å². The van der Waals surface area contributed by atoms with Crippen molar-refractivity contribution in [2.75, 3.05) is 9.80 Å². The molecule has 304 valence electrons. The molecular formula is C60H44N4. The van der Waals surface area contributed by atoms with Crippen molar-refractivity contribution in [2.24, 2.45) is 0 Å². The van der Waals surface area contributed by atoms with Crippen LogP contribution in [0.3, 0.4) is 0 Å². The molecule has 4 heteroatoms. The standard InChI is InChI=1S/C60H44N4/c1-41-27-31-45(32-28-41)61(47-35-37-59-53(39-47)51-19-9-11-23-57(51)63(59)43-15-5-3-6-16-43)55-25-13-22-50-49(55)21-14-26-56(50)62(46-33-29-42(2)30-34-46)48-36-38-60-54(40-48)52-20-10-12-24-58(52)64(60)44-17-7-4-8-18-44/h3-40H,1-2H3. The van der Waals surface area contributed by atoms with Crippen molar-refractivity contribution < 1.29 is 0 Å². The molecule has 12 aromatic rings. The third kappa shape index (κ3) is 6.14. The van der Waals surface area contributed by atoms with E-state index in [1.54, 1.807) is 0 Å². The van der Waals surface area contributed by atoms with Crippen LogP contribution in [0.15, 0.2) is 231 Å². The number of benzene rings is 10. The zero-order valence-electron chi connectivity index (χ0n) is 35.7. The summed E-state index contributed by atoms with van der Waals surface area (Å²) in [6, 6.07) is 84.1. The first kappa shape index (κ1) is 37.4. The van der Waals surface area contributed by atoms with E-state index in [-0.39, 0.29) is 0 Å². The Labute approximate surface area is 372 Å². The van der Waals surface area contributed by atoms with Gasteiger partial charge in [0.25, 0.3) is 0 Å². The fraction of sp³-hybridized carbons (Fsp3) is 0.0333. The molecule has 0 saturated carbocycles. The highest BCUT2D eigenvalue weighted by Gasteiger charge is 2.23. The molecule has 4 nitrogen and oxygen atoms in total. The number of hydrogen-bond acceptors (Lipinski definition) is 2. The minimum atomic E-state index is 1.10. The van der Waals surface area contributed by atoms with Gasteiger partial charge in [0.1, 0.15) is 0 Å². The second-order valence-corrected chi connectivity index (χ2v) is 16.8. The van der Waals surface area contributed by atoms with E-state index in [0.717, 1.165) is 56.3 Å². The second-order valence-electron chi connectivity index (χ2n) is 16.8. The van der Waals surface area contributed by atoms with Crippen LogP contribution in [0.1, 0.15) is 11.1 Å². The van der Waals surface area contributed by atoms with E-state index in [4.69, 9.17) is 0 Å². The summed E-state index contributed by atoms with van der Waals surface area (Å²) in [5.74, 6) is 0. The number of nitrogens with zero attached hydrogens (tertiary/aromatic N) is 4. The molecule has 12 rings (SSSR count). The maximum absolute atomic E-state index is 2.43. The van der Waals surface area contributed by atoms with E-state index < -0.39 is 0 Å². The quantitative estimate of drug-likeness (QED) is 0.152. The van der Waals surface area contributed by atoms with Gasteiger partial charge >= 0.3 is 0 Å². The summed E-state index contributed by atoms with van der Waals surface area (Å²) < 4.78 is 4.76. The highest BCUT2D eigenvalue weighted by atomic mass is 15.2. The van der Waals surface area contributed by atoms with Crippen molar-refractivity contribution >= 4 is 88.5 Å². The Morgan fingerprint density at radius 2 is 0.609 bits per heavy atom. The lowest BCUT2D eigenvalue weighted by Crippen LogP contribution is -2.12. The number of anilines is 6. The average Bonchev–Trinajstić information content (AvgIpc) is 3.86. The molecule has 10 aromatic carbocycles. The van der Waals surface area contributed by atoms with Gasteiger partial charge in [-0.25, -0.2) is 0 Å². The van der Waals surface area contributed by atoms with Crippen molar-refractivity contribution in [2.45, 2.75) is 13.8 Å². The molecule has 0 radical (unpaired) electrons. The lowest BCUT2D eigenvalue weighted by Gasteiger charge is -2.30. The van der Waals surface area contributed by atoms with Crippen LogP contribution in [0, 0.1) is 13.8 Å². The van der Waals surface area contributed by atoms with Crippen LogP contribution in [0.4, 0.5) is 34.1 Å². The molecule has 0 spiro atoms. The van der Waals surface area contributed by atoms with Crippen molar-refractivity contribution in [3.63, 3.8) is 0 Å². The number of aryl methyl sites for hydroxylation is 2. The van der Waals surface area contributed by atoms with Gasteiger partial charge in [0.15, 0.2) is 0 Å². The molecule has 0 bridgehead atoms. The summed E-state index contributed by atoms with van der Waals surface area (Å²) in [6.07, 6.45) is 0. The zero-order chi connectivity index (χ0) is 42.7. The largest absolute Gasteiger partial charge is 0.310 e. The van der Waals surface area contributed by atoms with Crippen molar-refractivity contribution in [1.82, 2.24) is 9.13 Å². The van der Waals surface area contributed by atoms with Gasteiger partial charge in [-0.05, 0) is 123 Å². The Morgan fingerprint density at radius 3 is 1.03 bits per heavy atom. The van der Waals surface area contributed by atoms with Gasteiger partial charge in [-0.1, -0.05) is 132 Å². The van der Waals surface area contributed by atoms with Gasteiger partial charge in [-0.15, -0.1) is 0 Å². The fourth-order valence-electron chi connectivity index (χ4n) is 9.82. The average molecular weight is 821 g/mol.